The van der Waals surface area contributed by atoms with E-state index in [4.69, 9.17) is 16.3 Å². The Morgan fingerprint density at radius 3 is 2.92 bits per heavy atom. The van der Waals surface area contributed by atoms with Crippen molar-refractivity contribution in [1.29, 1.82) is 0 Å². The van der Waals surface area contributed by atoms with Crippen LogP contribution in [0.15, 0.2) is 24.3 Å². The molecule has 0 bridgehead atoms. The fourth-order valence-electron chi connectivity index (χ4n) is 0.843. The van der Waals surface area contributed by atoms with Crippen molar-refractivity contribution >= 4 is 17.3 Å². The zero-order valence-electron chi connectivity index (χ0n) is 6.77. The van der Waals surface area contributed by atoms with Gasteiger partial charge in [-0.15, -0.1) is 11.6 Å². The lowest BCUT2D eigenvalue weighted by molar-refractivity contribution is -0.384. The average molecular weight is 202 g/mol. The average Bonchev–Trinajstić information content (AvgIpc) is 2.15. The van der Waals surface area contributed by atoms with Crippen LogP contribution in [-0.2, 0) is 0 Å². The number of nitro groups is 1. The predicted octanol–water partition coefficient (Wildman–Crippen LogP) is 2.21. The van der Waals surface area contributed by atoms with E-state index in [9.17, 15) is 10.1 Å². The Kier molecular flexibility index (Phi) is 3.52. The zero-order valence-corrected chi connectivity index (χ0v) is 7.53. The van der Waals surface area contributed by atoms with E-state index in [-0.39, 0.29) is 5.69 Å². The van der Waals surface area contributed by atoms with Crippen molar-refractivity contribution < 1.29 is 9.66 Å². The highest BCUT2D eigenvalue weighted by Crippen LogP contribution is 2.18. The van der Waals surface area contributed by atoms with E-state index in [0.717, 1.165) is 0 Å². The number of hydrogen-bond acceptors (Lipinski definition) is 3. The molecule has 70 valence electrons. The van der Waals surface area contributed by atoms with Gasteiger partial charge in [-0.25, -0.2) is 0 Å². The third-order valence-corrected chi connectivity index (χ3v) is 1.53. The summed E-state index contributed by atoms with van der Waals surface area (Å²) < 4.78 is 5.11. The van der Waals surface area contributed by atoms with E-state index >= 15 is 0 Å². The summed E-state index contributed by atoms with van der Waals surface area (Å²) >= 11 is 5.39. The molecule has 0 fully saturated rings. The summed E-state index contributed by atoms with van der Waals surface area (Å²) in [6, 6.07) is 6.00. The van der Waals surface area contributed by atoms with Crippen LogP contribution in [0.5, 0.6) is 5.75 Å². The molecule has 0 saturated heterocycles. The van der Waals surface area contributed by atoms with Gasteiger partial charge in [0.2, 0.25) is 0 Å². The first-order valence-corrected chi connectivity index (χ1v) is 4.20. The largest absolute Gasteiger partial charge is 0.492 e. The molecule has 4 nitrogen and oxygen atoms in total. The molecule has 1 aromatic rings. The summed E-state index contributed by atoms with van der Waals surface area (Å²) in [5.41, 5.74) is 0.0204. The standard InChI is InChI=1S/C8H8ClNO3/c9-4-5-13-8-3-1-2-7(6-8)10(11)12/h1-3,6H,4-5H2. The maximum Gasteiger partial charge on any atom is 0.273 e. The Balaban J connectivity index is 2.73. The molecule has 0 amide bonds. The molecule has 1 rings (SSSR count). The van der Waals surface area contributed by atoms with Gasteiger partial charge in [-0.1, -0.05) is 6.07 Å². The Labute approximate surface area is 80.2 Å². The molecule has 0 radical (unpaired) electrons. The zero-order chi connectivity index (χ0) is 9.68. The van der Waals surface area contributed by atoms with Gasteiger partial charge in [-0.2, -0.15) is 0 Å². The highest BCUT2D eigenvalue weighted by atomic mass is 35.5. The van der Waals surface area contributed by atoms with Gasteiger partial charge in [-0.05, 0) is 6.07 Å². The van der Waals surface area contributed by atoms with Crippen LogP contribution in [0.2, 0.25) is 0 Å². The molecule has 1 aromatic carbocycles. The molecule has 0 N–H and O–H groups in total. The predicted molar refractivity (Wildman–Crippen MR) is 49.3 cm³/mol. The first kappa shape index (κ1) is 9.80. The van der Waals surface area contributed by atoms with Gasteiger partial charge in [0.25, 0.3) is 5.69 Å². The molecule has 5 heteroatoms. The van der Waals surface area contributed by atoms with Gasteiger partial charge in [0, 0.05) is 6.07 Å². The van der Waals surface area contributed by atoms with E-state index in [1.807, 2.05) is 0 Å². The molecule has 0 aliphatic carbocycles. The fourth-order valence-corrected chi connectivity index (χ4v) is 0.920. The number of benzene rings is 1. The second-order valence-electron chi connectivity index (χ2n) is 2.29. The number of ether oxygens (including phenoxy) is 1. The molecule has 0 spiro atoms. The minimum absolute atomic E-state index is 0.0204. The van der Waals surface area contributed by atoms with Crippen LogP contribution in [-0.4, -0.2) is 17.4 Å². The molecule has 0 aromatic heterocycles. The SMILES string of the molecule is O=[N+]([O-])c1cccc(OCCCl)c1. The molecular weight excluding hydrogens is 194 g/mol. The summed E-state index contributed by atoms with van der Waals surface area (Å²) in [5.74, 6) is 0.831. The van der Waals surface area contributed by atoms with E-state index in [0.29, 0.717) is 18.2 Å². The van der Waals surface area contributed by atoms with Gasteiger partial charge in [0.15, 0.2) is 0 Å². The molecule has 0 aliphatic heterocycles. The van der Waals surface area contributed by atoms with Crippen LogP contribution in [0.4, 0.5) is 5.69 Å². The molecule has 0 heterocycles. The smallest absolute Gasteiger partial charge is 0.273 e. The lowest BCUT2D eigenvalue weighted by atomic mass is 10.3. The summed E-state index contributed by atoms with van der Waals surface area (Å²) in [7, 11) is 0. The van der Waals surface area contributed by atoms with E-state index in [2.05, 4.69) is 0 Å². The van der Waals surface area contributed by atoms with Crippen LogP contribution in [0.1, 0.15) is 0 Å². The summed E-state index contributed by atoms with van der Waals surface area (Å²) in [5, 5.41) is 10.4. The highest BCUT2D eigenvalue weighted by Gasteiger charge is 2.05. The number of alkyl halides is 1. The Hall–Kier alpha value is -1.29. The van der Waals surface area contributed by atoms with Crippen molar-refractivity contribution in [2.24, 2.45) is 0 Å². The van der Waals surface area contributed by atoms with Gasteiger partial charge < -0.3 is 4.74 Å². The maximum absolute atomic E-state index is 10.4. The normalized spacial score (nSPS) is 9.62. The van der Waals surface area contributed by atoms with Gasteiger partial charge in [0.1, 0.15) is 12.4 Å². The fraction of sp³-hybridized carbons (Fsp3) is 0.250. The Morgan fingerprint density at radius 2 is 2.31 bits per heavy atom. The lowest BCUT2D eigenvalue weighted by Gasteiger charge is -2.02. The minimum Gasteiger partial charge on any atom is -0.492 e. The number of halogens is 1. The minimum atomic E-state index is -0.465. The van der Waals surface area contributed by atoms with Gasteiger partial charge >= 0.3 is 0 Å². The van der Waals surface area contributed by atoms with E-state index in [1.165, 1.54) is 12.1 Å². The quantitative estimate of drug-likeness (QED) is 0.426. The molecule has 0 atom stereocenters. The number of nitrogens with zero attached hydrogens (tertiary/aromatic N) is 1. The monoisotopic (exact) mass is 201 g/mol. The molecule has 0 saturated carbocycles. The van der Waals surface area contributed by atoms with Crippen molar-refractivity contribution in [2.45, 2.75) is 0 Å². The first-order chi connectivity index (χ1) is 6.24. The van der Waals surface area contributed by atoms with Gasteiger partial charge in [0.05, 0.1) is 16.9 Å². The molecular formula is C8H8ClNO3. The van der Waals surface area contributed by atoms with Crippen molar-refractivity contribution in [3.63, 3.8) is 0 Å². The third-order valence-electron chi connectivity index (χ3n) is 1.37. The Bertz CT molecular complexity index is 303. The van der Waals surface area contributed by atoms with Crippen molar-refractivity contribution in [1.82, 2.24) is 0 Å². The molecule has 13 heavy (non-hydrogen) atoms. The van der Waals surface area contributed by atoms with Crippen LogP contribution in [0.25, 0.3) is 0 Å². The van der Waals surface area contributed by atoms with Crippen molar-refractivity contribution in [2.75, 3.05) is 12.5 Å². The van der Waals surface area contributed by atoms with Gasteiger partial charge in [-0.3, -0.25) is 10.1 Å². The lowest BCUT2D eigenvalue weighted by Crippen LogP contribution is -1.98. The number of non-ortho nitro benzene ring substituents is 1. The van der Waals surface area contributed by atoms with Crippen molar-refractivity contribution in [3.05, 3.63) is 34.4 Å². The van der Waals surface area contributed by atoms with Crippen LogP contribution in [0.3, 0.4) is 0 Å². The van der Waals surface area contributed by atoms with Crippen molar-refractivity contribution in [3.8, 4) is 5.75 Å². The topological polar surface area (TPSA) is 52.4 Å². The van der Waals surface area contributed by atoms with Crippen LogP contribution < -0.4 is 4.74 Å². The van der Waals surface area contributed by atoms with Crippen LogP contribution in [0, 0.1) is 10.1 Å². The highest BCUT2D eigenvalue weighted by molar-refractivity contribution is 6.17. The summed E-state index contributed by atoms with van der Waals surface area (Å²) in [6.07, 6.45) is 0. The number of nitro benzene ring substituents is 1. The maximum atomic E-state index is 10.4. The summed E-state index contributed by atoms with van der Waals surface area (Å²) in [6.45, 7) is 0.350. The number of hydrogen-bond donors (Lipinski definition) is 0. The third kappa shape index (κ3) is 2.91. The Morgan fingerprint density at radius 1 is 1.54 bits per heavy atom. The number of rotatable bonds is 4. The summed E-state index contributed by atoms with van der Waals surface area (Å²) in [4.78, 5) is 9.89. The second-order valence-corrected chi connectivity index (χ2v) is 2.67. The molecule has 0 aliphatic rings. The van der Waals surface area contributed by atoms with E-state index in [1.54, 1.807) is 12.1 Å². The second kappa shape index (κ2) is 4.67. The van der Waals surface area contributed by atoms with Crippen LogP contribution >= 0.6 is 11.6 Å². The first-order valence-electron chi connectivity index (χ1n) is 3.67. The molecule has 0 unspecified atom stereocenters. The van der Waals surface area contributed by atoms with E-state index < -0.39 is 4.92 Å².